The summed E-state index contributed by atoms with van der Waals surface area (Å²) in [6.07, 6.45) is -1.18. The van der Waals surface area contributed by atoms with Crippen LogP contribution in [0, 0.1) is 6.92 Å². The van der Waals surface area contributed by atoms with Crippen LogP contribution in [0.25, 0.3) is 0 Å². The lowest BCUT2D eigenvalue weighted by Gasteiger charge is -2.14. The van der Waals surface area contributed by atoms with E-state index in [4.69, 9.17) is 21.4 Å². The Hall–Kier alpha value is -3.03. The van der Waals surface area contributed by atoms with Crippen molar-refractivity contribution >= 4 is 56.5 Å². The van der Waals surface area contributed by atoms with Crippen molar-refractivity contribution in [1.82, 2.24) is 0 Å². The topological polar surface area (TPSA) is 87.7 Å². The molecule has 3 aromatic rings. The van der Waals surface area contributed by atoms with E-state index in [-0.39, 0.29) is 10.8 Å². The van der Waals surface area contributed by atoms with Gasteiger partial charge in [-0.3, -0.25) is 10.1 Å². The van der Waals surface area contributed by atoms with Crippen molar-refractivity contribution < 1.29 is 19.4 Å². The fourth-order valence-corrected chi connectivity index (χ4v) is 3.70. The number of carboxylic acid groups (broad SMARTS) is 1. The molecule has 0 aliphatic rings. The normalized spacial score (nSPS) is 10.5. The Bertz CT molecular complexity index is 1150. The van der Waals surface area contributed by atoms with E-state index >= 15 is 0 Å². The molecule has 160 valence electrons. The Morgan fingerprint density at radius 3 is 2.42 bits per heavy atom. The van der Waals surface area contributed by atoms with Gasteiger partial charge in [0.2, 0.25) is 0 Å². The number of amides is 1. The molecule has 0 unspecified atom stereocenters. The molecule has 1 amide bonds. The van der Waals surface area contributed by atoms with E-state index in [1.807, 2.05) is 19.9 Å². The van der Waals surface area contributed by atoms with E-state index in [2.05, 4.69) is 26.6 Å². The molecule has 0 spiro atoms. The molecule has 3 aromatic carbocycles. The molecular formula is C23H20BrClN2O4. The number of rotatable bonds is 7. The van der Waals surface area contributed by atoms with Crippen molar-refractivity contribution in [1.29, 1.82) is 0 Å². The Morgan fingerprint density at radius 1 is 1.03 bits per heavy atom. The van der Waals surface area contributed by atoms with E-state index in [1.54, 1.807) is 48.5 Å². The van der Waals surface area contributed by atoms with Crippen LogP contribution in [0.5, 0.6) is 5.75 Å². The smallest absolute Gasteiger partial charge is 0.409 e. The average Bonchev–Trinajstić information content (AvgIpc) is 2.70. The molecule has 3 rings (SSSR count). The van der Waals surface area contributed by atoms with E-state index in [0.29, 0.717) is 40.5 Å². The first-order chi connectivity index (χ1) is 14.8. The van der Waals surface area contributed by atoms with Crippen LogP contribution >= 0.6 is 27.5 Å². The summed E-state index contributed by atoms with van der Waals surface area (Å²) >= 11 is 9.74. The van der Waals surface area contributed by atoms with Crippen LogP contribution in [-0.2, 0) is 0 Å². The number of halogens is 2. The zero-order valence-corrected chi connectivity index (χ0v) is 19.2. The quantitative estimate of drug-likeness (QED) is 0.306. The Morgan fingerprint density at radius 2 is 1.77 bits per heavy atom. The number of ketones is 1. The zero-order valence-electron chi connectivity index (χ0n) is 16.8. The lowest BCUT2D eigenvalue weighted by Crippen LogP contribution is -2.09. The number of hydrogen-bond donors (Lipinski definition) is 3. The molecule has 0 fully saturated rings. The number of benzene rings is 3. The van der Waals surface area contributed by atoms with Gasteiger partial charge in [0, 0.05) is 21.3 Å². The summed E-state index contributed by atoms with van der Waals surface area (Å²) in [7, 11) is 0. The van der Waals surface area contributed by atoms with E-state index in [0.717, 1.165) is 10.0 Å². The maximum absolute atomic E-state index is 13.0. The van der Waals surface area contributed by atoms with Crippen molar-refractivity contribution in [3.05, 3.63) is 80.8 Å². The number of ether oxygens (including phenoxy) is 1. The van der Waals surface area contributed by atoms with Crippen LogP contribution in [0.15, 0.2) is 59.1 Å². The maximum atomic E-state index is 13.0. The van der Waals surface area contributed by atoms with E-state index in [1.165, 1.54) is 0 Å². The zero-order chi connectivity index (χ0) is 22.5. The standard InChI is InChI=1S/C23H20BrClN2O4/c1-3-31-16-6-8-17(13(2)10-16)22(28)18-7-5-15(12-19(18)25)26-20-9-4-14(24)11-21(20)27-23(29)30/h4-12,26-27H,3H2,1-2H3,(H,29,30). The SMILES string of the molecule is CCOc1ccc(C(=O)c2ccc(Nc3ccc(Br)cc3NC(=O)O)cc2Cl)c(C)c1. The molecule has 0 aliphatic heterocycles. The molecule has 0 saturated carbocycles. The summed E-state index contributed by atoms with van der Waals surface area (Å²) in [6.45, 7) is 4.30. The highest BCUT2D eigenvalue weighted by Gasteiger charge is 2.16. The van der Waals surface area contributed by atoms with Crippen molar-refractivity contribution in [2.75, 3.05) is 17.2 Å². The van der Waals surface area contributed by atoms with Crippen molar-refractivity contribution in [2.24, 2.45) is 0 Å². The predicted octanol–water partition coefficient (Wildman–Crippen LogP) is 6.87. The first-order valence-electron chi connectivity index (χ1n) is 9.42. The number of carbonyl (C=O) groups excluding carboxylic acids is 1. The first kappa shape index (κ1) is 22.7. The molecule has 3 N–H and O–H groups in total. The predicted molar refractivity (Wildman–Crippen MR) is 126 cm³/mol. The van der Waals surface area contributed by atoms with Gasteiger partial charge in [-0.05, 0) is 74.0 Å². The average molecular weight is 504 g/mol. The molecule has 0 saturated heterocycles. The lowest BCUT2D eigenvalue weighted by molar-refractivity contribution is 0.103. The van der Waals surface area contributed by atoms with Gasteiger partial charge in [0.05, 0.1) is 23.0 Å². The Labute approximate surface area is 193 Å². The highest BCUT2D eigenvalue weighted by Crippen LogP contribution is 2.31. The number of nitrogens with one attached hydrogen (secondary N) is 2. The summed E-state index contributed by atoms with van der Waals surface area (Å²) in [5.74, 6) is 0.524. The highest BCUT2D eigenvalue weighted by atomic mass is 79.9. The Kier molecular flexibility index (Phi) is 7.20. The summed E-state index contributed by atoms with van der Waals surface area (Å²) < 4.78 is 6.20. The summed E-state index contributed by atoms with van der Waals surface area (Å²) in [5, 5.41) is 14.8. The number of carbonyl (C=O) groups is 2. The van der Waals surface area contributed by atoms with Crippen LogP contribution in [0.4, 0.5) is 21.9 Å². The van der Waals surface area contributed by atoms with E-state index < -0.39 is 6.09 Å². The third-order valence-electron chi connectivity index (χ3n) is 4.47. The van der Waals surface area contributed by atoms with Crippen molar-refractivity contribution in [3.63, 3.8) is 0 Å². The number of aryl methyl sites for hydroxylation is 1. The monoisotopic (exact) mass is 502 g/mol. The van der Waals surface area contributed by atoms with Gasteiger partial charge >= 0.3 is 6.09 Å². The second kappa shape index (κ2) is 9.85. The molecule has 0 atom stereocenters. The van der Waals surface area contributed by atoms with Gasteiger partial charge in [0.25, 0.3) is 0 Å². The molecular weight excluding hydrogens is 484 g/mol. The fourth-order valence-electron chi connectivity index (χ4n) is 3.07. The second-order valence-electron chi connectivity index (χ2n) is 6.68. The second-order valence-corrected chi connectivity index (χ2v) is 8.00. The van der Waals surface area contributed by atoms with Crippen LogP contribution in [0.2, 0.25) is 5.02 Å². The van der Waals surface area contributed by atoms with Gasteiger partial charge in [-0.1, -0.05) is 27.5 Å². The maximum Gasteiger partial charge on any atom is 0.409 e. The summed E-state index contributed by atoms with van der Waals surface area (Å²) in [5.41, 5.74) is 3.26. The largest absolute Gasteiger partial charge is 0.494 e. The third-order valence-corrected chi connectivity index (χ3v) is 5.28. The number of anilines is 3. The van der Waals surface area contributed by atoms with Gasteiger partial charge in [-0.15, -0.1) is 0 Å². The van der Waals surface area contributed by atoms with Gasteiger partial charge in [0.15, 0.2) is 5.78 Å². The summed E-state index contributed by atoms with van der Waals surface area (Å²) in [6, 6.07) is 15.5. The van der Waals surface area contributed by atoms with Crippen LogP contribution in [0.3, 0.4) is 0 Å². The highest BCUT2D eigenvalue weighted by molar-refractivity contribution is 9.10. The molecule has 0 aliphatic carbocycles. The minimum atomic E-state index is -1.18. The molecule has 0 heterocycles. The fraction of sp³-hybridized carbons (Fsp3) is 0.130. The summed E-state index contributed by atoms with van der Waals surface area (Å²) in [4.78, 5) is 24.1. The van der Waals surface area contributed by atoms with Crippen molar-refractivity contribution in [3.8, 4) is 5.75 Å². The molecule has 31 heavy (non-hydrogen) atoms. The molecule has 0 bridgehead atoms. The molecule has 0 aromatic heterocycles. The lowest BCUT2D eigenvalue weighted by atomic mass is 9.98. The minimum Gasteiger partial charge on any atom is -0.494 e. The van der Waals surface area contributed by atoms with Crippen LogP contribution in [0.1, 0.15) is 28.4 Å². The van der Waals surface area contributed by atoms with Gasteiger partial charge in [-0.25, -0.2) is 4.79 Å². The third kappa shape index (κ3) is 5.57. The molecule has 8 heteroatoms. The Balaban J connectivity index is 1.86. The van der Waals surface area contributed by atoms with E-state index in [9.17, 15) is 9.59 Å². The van der Waals surface area contributed by atoms with Gasteiger partial charge in [-0.2, -0.15) is 0 Å². The molecule has 0 radical (unpaired) electrons. The number of hydrogen-bond acceptors (Lipinski definition) is 4. The van der Waals surface area contributed by atoms with Gasteiger partial charge in [0.1, 0.15) is 5.75 Å². The van der Waals surface area contributed by atoms with Crippen molar-refractivity contribution in [2.45, 2.75) is 13.8 Å². The first-order valence-corrected chi connectivity index (χ1v) is 10.6. The minimum absolute atomic E-state index is 0.186. The molecule has 6 nitrogen and oxygen atoms in total. The van der Waals surface area contributed by atoms with Crippen LogP contribution in [-0.4, -0.2) is 23.6 Å². The van der Waals surface area contributed by atoms with Crippen LogP contribution < -0.4 is 15.4 Å². The van der Waals surface area contributed by atoms with Gasteiger partial charge < -0.3 is 15.2 Å².